The summed E-state index contributed by atoms with van der Waals surface area (Å²) < 4.78 is 26.3. The van der Waals surface area contributed by atoms with E-state index in [2.05, 4.69) is 0 Å². The fraction of sp³-hybridized carbons (Fsp3) is 0.222. The molecule has 0 heterocycles. The zero-order chi connectivity index (χ0) is 12.2. The summed E-state index contributed by atoms with van der Waals surface area (Å²) in [5.41, 5.74) is 0.344. The predicted molar refractivity (Wildman–Crippen MR) is 61.3 cm³/mol. The molecular formula is C9H7Cl2NO3S. The lowest BCUT2D eigenvalue weighted by molar-refractivity contribution is 0.341. The van der Waals surface area contributed by atoms with Crippen molar-refractivity contribution in [2.45, 2.75) is 0 Å². The molecule has 4 nitrogen and oxygen atoms in total. The van der Waals surface area contributed by atoms with E-state index in [0.717, 1.165) is 0 Å². The third kappa shape index (κ3) is 4.71. The van der Waals surface area contributed by atoms with Crippen LogP contribution < -0.4 is 4.74 Å². The molecule has 0 spiro atoms. The van der Waals surface area contributed by atoms with Crippen molar-refractivity contribution in [1.29, 1.82) is 5.26 Å². The Hall–Kier alpha value is -0.960. The van der Waals surface area contributed by atoms with E-state index in [0.29, 0.717) is 16.3 Å². The average Bonchev–Trinajstić information content (AvgIpc) is 2.14. The topological polar surface area (TPSA) is 67.2 Å². The highest BCUT2D eigenvalue weighted by molar-refractivity contribution is 8.13. The number of nitriles is 1. The molecule has 0 unspecified atom stereocenters. The minimum atomic E-state index is -3.57. The minimum absolute atomic E-state index is 0.0863. The Morgan fingerprint density at radius 3 is 2.62 bits per heavy atom. The van der Waals surface area contributed by atoms with Gasteiger partial charge in [-0.3, -0.25) is 0 Å². The van der Waals surface area contributed by atoms with Gasteiger partial charge in [-0.25, -0.2) is 8.42 Å². The molecule has 0 N–H and O–H groups in total. The number of nitrogens with zero attached hydrogens (tertiary/aromatic N) is 1. The lowest BCUT2D eigenvalue weighted by Gasteiger charge is -2.05. The molecule has 0 aliphatic heterocycles. The van der Waals surface area contributed by atoms with Crippen molar-refractivity contribution in [2.24, 2.45) is 0 Å². The van der Waals surface area contributed by atoms with Crippen molar-refractivity contribution in [2.75, 3.05) is 12.4 Å². The molecule has 1 aromatic rings. The highest BCUT2D eigenvalue weighted by Crippen LogP contribution is 2.20. The second-order valence-electron chi connectivity index (χ2n) is 2.88. The number of hydrogen-bond acceptors (Lipinski definition) is 4. The Morgan fingerprint density at radius 1 is 1.38 bits per heavy atom. The lowest BCUT2D eigenvalue weighted by Crippen LogP contribution is -2.08. The van der Waals surface area contributed by atoms with E-state index >= 15 is 0 Å². The Bertz CT molecular complexity index is 522. The smallest absolute Gasteiger partial charge is 0.235 e. The van der Waals surface area contributed by atoms with Crippen molar-refractivity contribution in [3.8, 4) is 11.8 Å². The zero-order valence-corrected chi connectivity index (χ0v) is 10.3. The third-order valence-corrected chi connectivity index (χ3v) is 2.93. The van der Waals surface area contributed by atoms with Gasteiger partial charge in [0.25, 0.3) is 0 Å². The molecule has 0 aliphatic carbocycles. The summed E-state index contributed by atoms with van der Waals surface area (Å²) in [5, 5.41) is 9.01. The van der Waals surface area contributed by atoms with Gasteiger partial charge in [0.15, 0.2) is 0 Å². The van der Waals surface area contributed by atoms with E-state index in [9.17, 15) is 8.42 Å². The van der Waals surface area contributed by atoms with Crippen molar-refractivity contribution in [3.05, 3.63) is 28.8 Å². The standard InChI is InChI=1S/C9H7Cl2NO3S/c10-8-3-7(6-12)4-9(5-8)15-1-2-16(11,13)14/h3-5H,1-2H2. The molecule has 1 rings (SSSR count). The van der Waals surface area contributed by atoms with Gasteiger partial charge < -0.3 is 4.74 Å². The highest BCUT2D eigenvalue weighted by atomic mass is 35.7. The van der Waals surface area contributed by atoms with Crippen LogP contribution in [0.25, 0.3) is 0 Å². The summed E-state index contributed by atoms with van der Waals surface area (Å²) in [7, 11) is 1.43. The SMILES string of the molecule is N#Cc1cc(Cl)cc(OCCS(=O)(=O)Cl)c1. The largest absolute Gasteiger partial charge is 0.492 e. The molecule has 0 saturated carbocycles. The van der Waals surface area contributed by atoms with Crippen LogP contribution in [0, 0.1) is 11.3 Å². The summed E-state index contributed by atoms with van der Waals surface area (Å²) in [6.07, 6.45) is 0. The van der Waals surface area contributed by atoms with Gasteiger partial charge in [-0.2, -0.15) is 5.26 Å². The average molecular weight is 280 g/mol. The van der Waals surface area contributed by atoms with E-state index in [1.54, 1.807) is 0 Å². The quantitative estimate of drug-likeness (QED) is 0.792. The molecule has 0 atom stereocenters. The van der Waals surface area contributed by atoms with Crippen LogP contribution in [0.4, 0.5) is 0 Å². The van der Waals surface area contributed by atoms with Crippen LogP contribution in [-0.2, 0) is 9.05 Å². The minimum Gasteiger partial charge on any atom is -0.492 e. The fourth-order valence-electron chi connectivity index (χ4n) is 0.970. The molecule has 16 heavy (non-hydrogen) atoms. The Morgan fingerprint density at radius 2 is 2.06 bits per heavy atom. The summed E-state index contributed by atoms with van der Waals surface area (Å²) >= 11 is 5.72. The Kier molecular flexibility index (Phi) is 4.42. The van der Waals surface area contributed by atoms with Crippen LogP contribution >= 0.6 is 22.3 Å². The highest BCUT2D eigenvalue weighted by Gasteiger charge is 2.06. The molecule has 1 aromatic carbocycles. The number of rotatable bonds is 4. The van der Waals surface area contributed by atoms with Crippen molar-refractivity contribution in [3.63, 3.8) is 0 Å². The summed E-state index contributed by atoms with van der Waals surface area (Å²) in [5.74, 6) is 0.0348. The molecule has 0 radical (unpaired) electrons. The molecule has 0 amide bonds. The van der Waals surface area contributed by atoms with Crippen molar-refractivity contribution < 1.29 is 13.2 Å². The van der Waals surface area contributed by atoms with Crippen LogP contribution in [0.3, 0.4) is 0 Å². The maximum absolute atomic E-state index is 10.6. The van der Waals surface area contributed by atoms with E-state index in [-0.39, 0.29) is 12.4 Å². The van der Waals surface area contributed by atoms with E-state index in [1.807, 2.05) is 6.07 Å². The monoisotopic (exact) mass is 279 g/mol. The number of ether oxygens (including phenoxy) is 1. The molecular weight excluding hydrogens is 273 g/mol. The first kappa shape index (κ1) is 13.1. The molecule has 0 fully saturated rings. The maximum atomic E-state index is 10.6. The summed E-state index contributed by atoms with van der Waals surface area (Å²) in [6.45, 7) is -0.0863. The molecule has 0 aromatic heterocycles. The van der Waals surface area contributed by atoms with E-state index < -0.39 is 9.05 Å². The van der Waals surface area contributed by atoms with Gasteiger partial charge in [-0.05, 0) is 18.2 Å². The molecule has 0 bridgehead atoms. The maximum Gasteiger partial charge on any atom is 0.235 e. The van der Waals surface area contributed by atoms with Crippen LogP contribution in [0.15, 0.2) is 18.2 Å². The molecule has 7 heteroatoms. The van der Waals surface area contributed by atoms with Gasteiger partial charge in [0.05, 0.1) is 17.4 Å². The number of benzene rings is 1. The van der Waals surface area contributed by atoms with Crippen LogP contribution in [-0.4, -0.2) is 20.8 Å². The van der Waals surface area contributed by atoms with Gasteiger partial charge in [-0.1, -0.05) is 11.6 Å². The molecule has 0 saturated heterocycles. The lowest BCUT2D eigenvalue weighted by atomic mass is 10.2. The summed E-state index contributed by atoms with van der Waals surface area (Å²) in [6, 6.07) is 6.34. The predicted octanol–water partition coefficient (Wildman–Crippen LogP) is 2.16. The second-order valence-corrected chi connectivity index (χ2v) is 6.21. The van der Waals surface area contributed by atoms with Gasteiger partial charge in [-0.15, -0.1) is 0 Å². The number of halogens is 2. The molecule has 0 aliphatic rings. The van der Waals surface area contributed by atoms with Crippen molar-refractivity contribution >= 4 is 31.3 Å². The van der Waals surface area contributed by atoms with Gasteiger partial charge in [0.2, 0.25) is 9.05 Å². The van der Waals surface area contributed by atoms with Gasteiger partial charge in [0, 0.05) is 15.7 Å². The van der Waals surface area contributed by atoms with Crippen molar-refractivity contribution in [1.82, 2.24) is 0 Å². The summed E-state index contributed by atoms with van der Waals surface area (Å²) in [4.78, 5) is 0. The fourth-order valence-corrected chi connectivity index (χ4v) is 1.67. The van der Waals surface area contributed by atoms with E-state index in [4.69, 9.17) is 32.3 Å². The normalized spacial score (nSPS) is 10.8. The van der Waals surface area contributed by atoms with Gasteiger partial charge in [0.1, 0.15) is 12.4 Å². The Balaban J connectivity index is 2.68. The van der Waals surface area contributed by atoms with Crippen LogP contribution in [0.2, 0.25) is 5.02 Å². The van der Waals surface area contributed by atoms with Crippen LogP contribution in [0.5, 0.6) is 5.75 Å². The van der Waals surface area contributed by atoms with Gasteiger partial charge >= 0.3 is 0 Å². The first-order valence-electron chi connectivity index (χ1n) is 4.16. The number of hydrogen-bond donors (Lipinski definition) is 0. The van der Waals surface area contributed by atoms with E-state index in [1.165, 1.54) is 18.2 Å². The first-order chi connectivity index (χ1) is 7.40. The second kappa shape index (κ2) is 5.39. The van der Waals surface area contributed by atoms with Crippen LogP contribution in [0.1, 0.15) is 5.56 Å². The Labute approximate surface area is 103 Å². The zero-order valence-electron chi connectivity index (χ0n) is 7.98. The molecule has 86 valence electrons. The first-order valence-corrected chi connectivity index (χ1v) is 7.02. The third-order valence-electron chi connectivity index (χ3n) is 1.60.